The van der Waals surface area contributed by atoms with Crippen LogP contribution in [0.2, 0.25) is 0 Å². The van der Waals surface area contributed by atoms with E-state index in [0.717, 1.165) is 10.7 Å². The minimum Gasteiger partial charge on any atom is -0.494 e. The van der Waals surface area contributed by atoms with Gasteiger partial charge in [0.1, 0.15) is 4.90 Å². The monoisotopic (exact) mass is 432 g/mol. The number of anilines is 2. The average molecular weight is 432 g/mol. The highest BCUT2D eigenvalue weighted by Crippen LogP contribution is 2.33. The Balaban J connectivity index is 1.58. The third-order valence-corrected chi connectivity index (χ3v) is 5.80. The summed E-state index contributed by atoms with van der Waals surface area (Å²) in [5.41, 5.74) is 2.01. The number of aromatic nitrogens is 1. The second-order valence-corrected chi connectivity index (χ2v) is 8.35. The van der Waals surface area contributed by atoms with E-state index < -0.39 is 10.1 Å². The van der Waals surface area contributed by atoms with Gasteiger partial charge in [0.25, 0.3) is 10.1 Å². The molecule has 4 aromatic rings. The topological polar surface area (TPSA) is 127 Å². The second kappa shape index (κ2) is 7.08. The number of hydrogen-bond acceptors (Lipinski definition) is 6. The van der Waals surface area contributed by atoms with Gasteiger partial charge in [0, 0.05) is 22.2 Å². The summed E-state index contributed by atoms with van der Waals surface area (Å²) in [4.78, 5) is 11.6. The lowest BCUT2D eigenvalue weighted by Crippen LogP contribution is -2.19. The predicted octanol–water partition coefficient (Wildman–Crippen LogP) is 3.12. The predicted molar refractivity (Wildman–Crippen MR) is 116 cm³/mol. The fourth-order valence-corrected chi connectivity index (χ4v) is 4.14. The highest BCUT2D eigenvalue weighted by atomic mass is 32.2. The normalized spacial score (nSPS) is 12.9. The number of nitrogens with one attached hydrogen (secondary N) is 2. The first-order chi connectivity index (χ1) is 14.9. The van der Waals surface area contributed by atoms with Crippen molar-refractivity contribution in [3.05, 3.63) is 88.8 Å². The van der Waals surface area contributed by atoms with Crippen molar-refractivity contribution >= 4 is 38.5 Å². The van der Waals surface area contributed by atoms with Crippen LogP contribution in [0.3, 0.4) is 0 Å². The van der Waals surface area contributed by atoms with Crippen LogP contribution in [0.15, 0.2) is 87.4 Å². The first-order valence-corrected chi connectivity index (χ1v) is 10.7. The zero-order valence-corrected chi connectivity index (χ0v) is 16.8. The summed E-state index contributed by atoms with van der Waals surface area (Å²) in [6.45, 7) is 0. The highest BCUT2D eigenvalue weighted by Gasteiger charge is 2.16. The Bertz CT molecular complexity index is 1570. The summed E-state index contributed by atoms with van der Waals surface area (Å²) in [7, 11) is -4.39. The molecule has 0 bridgehead atoms. The summed E-state index contributed by atoms with van der Waals surface area (Å²) in [5, 5.41) is 15.7. The van der Waals surface area contributed by atoms with Crippen LogP contribution in [-0.4, -0.2) is 23.1 Å². The molecule has 0 unspecified atom stereocenters. The fourth-order valence-electron chi connectivity index (χ4n) is 3.49. The van der Waals surface area contributed by atoms with E-state index in [2.05, 4.69) is 20.3 Å². The zero-order chi connectivity index (χ0) is 21.6. The van der Waals surface area contributed by atoms with Crippen LogP contribution in [0.5, 0.6) is 5.88 Å². The molecule has 2 heterocycles. The first kappa shape index (κ1) is 19.0. The van der Waals surface area contributed by atoms with E-state index in [4.69, 9.17) is 0 Å². The number of hydrogen-bond donors (Lipinski definition) is 4. The Hall–Kier alpha value is -3.95. The van der Waals surface area contributed by atoms with Crippen molar-refractivity contribution in [2.24, 2.45) is 9.98 Å². The number of rotatable bonds is 4. The lowest BCUT2D eigenvalue weighted by atomic mass is 10.1. The maximum atomic E-state index is 11.6. The maximum absolute atomic E-state index is 11.6. The van der Waals surface area contributed by atoms with Crippen molar-refractivity contribution in [2.75, 3.05) is 5.32 Å². The van der Waals surface area contributed by atoms with Gasteiger partial charge in [-0.3, -0.25) is 4.55 Å². The molecule has 0 radical (unpaired) electrons. The van der Waals surface area contributed by atoms with E-state index in [-0.39, 0.29) is 16.5 Å². The number of aromatic amines is 1. The van der Waals surface area contributed by atoms with Crippen molar-refractivity contribution < 1.29 is 18.1 Å². The van der Waals surface area contributed by atoms with Crippen LogP contribution < -0.4 is 16.0 Å². The molecular formula is C22H16N4O4S. The molecule has 1 aromatic heterocycles. The largest absolute Gasteiger partial charge is 0.494 e. The Morgan fingerprint density at radius 2 is 1.61 bits per heavy atom. The molecule has 9 heteroatoms. The number of aromatic hydroxyl groups is 1. The Morgan fingerprint density at radius 1 is 0.935 bits per heavy atom. The first-order valence-electron chi connectivity index (χ1n) is 9.31. The van der Waals surface area contributed by atoms with E-state index in [1.54, 1.807) is 36.4 Å². The molecular weight excluding hydrogens is 416 g/mol. The zero-order valence-electron chi connectivity index (χ0n) is 15.9. The molecule has 3 aromatic carbocycles. The van der Waals surface area contributed by atoms with Crippen LogP contribution in [0.25, 0.3) is 17.0 Å². The number of H-pyrrole nitrogens is 1. The summed E-state index contributed by atoms with van der Waals surface area (Å²) in [6, 6.07) is 18.8. The molecule has 31 heavy (non-hydrogen) atoms. The van der Waals surface area contributed by atoms with E-state index in [1.165, 1.54) is 12.1 Å². The van der Waals surface area contributed by atoms with Crippen LogP contribution in [0.4, 0.5) is 11.4 Å². The van der Waals surface area contributed by atoms with Gasteiger partial charge >= 0.3 is 0 Å². The van der Waals surface area contributed by atoms with Crippen LogP contribution in [0.1, 0.15) is 5.56 Å². The van der Waals surface area contributed by atoms with Gasteiger partial charge in [-0.2, -0.15) is 8.42 Å². The van der Waals surface area contributed by atoms with Gasteiger partial charge in [0.05, 0.1) is 16.4 Å². The Labute approximate surface area is 176 Å². The van der Waals surface area contributed by atoms with Crippen molar-refractivity contribution in [1.29, 1.82) is 0 Å². The number of fused-ring (bicyclic) bond motifs is 2. The van der Waals surface area contributed by atoms with Crippen molar-refractivity contribution in [3.63, 3.8) is 0 Å². The molecule has 0 fully saturated rings. The van der Waals surface area contributed by atoms with E-state index in [1.807, 2.05) is 24.3 Å². The van der Waals surface area contributed by atoms with Crippen molar-refractivity contribution in [3.8, 4) is 5.88 Å². The van der Waals surface area contributed by atoms with Crippen LogP contribution >= 0.6 is 0 Å². The molecule has 0 atom stereocenters. The Kier molecular flexibility index (Phi) is 4.35. The van der Waals surface area contributed by atoms with Crippen molar-refractivity contribution in [2.45, 2.75) is 4.90 Å². The molecule has 154 valence electrons. The van der Waals surface area contributed by atoms with E-state index in [0.29, 0.717) is 28.0 Å². The number of benzene rings is 3. The van der Waals surface area contributed by atoms with E-state index >= 15 is 0 Å². The van der Waals surface area contributed by atoms with Gasteiger partial charge in [-0.15, -0.1) is 0 Å². The third kappa shape index (κ3) is 3.56. The smallest absolute Gasteiger partial charge is 0.296 e. The quantitative estimate of drug-likeness (QED) is 0.369. The Morgan fingerprint density at radius 3 is 2.32 bits per heavy atom. The molecule has 5 rings (SSSR count). The second-order valence-electron chi connectivity index (χ2n) is 6.96. The van der Waals surface area contributed by atoms with Gasteiger partial charge < -0.3 is 15.4 Å². The maximum Gasteiger partial charge on any atom is 0.296 e. The number of para-hydroxylation sites is 3. The van der Waals surface area contributed by atoms with Gasteiger partial charge in [-0.05, 0) is 48.5 Å². The summed E-state index contributed by atoms with van der Waals surface area (Å²) in [6.07, 6.45) is 1.68. The van der Waals surface area contributed by atoms with Gasteiger partial charge in [0.2, 0.25) is 0 Å². The minimum absolute atomic E-state index is 0.0284. The van der Waals surface area contributed by atoms with Gasteiger partial charge in [0.15, 0.2) is 11.7 Å². The molecule has 4 N–H and O–H groups in total. The summed E-state index contributed by atoms with van der Waals surface area (Å²) in [5.74, 6) is 0.437. The molecule has 0 spiro atoms. The average Bonchev–Trinajstić information content (AvgIpc) is 3.28. The number of nitrogens with zero attached hydrogens (tertiary/aromatic N) is 2. The molecule has 0 saturated heterocycles. The molecule has 0 amide bonds. The summed E-state index contributed by atoms with van der Waals surface area (Å²) >= 11 is 0. The van der Waals surface area contributed by atoms with Crippen LogP contribution in [0, 0.1) is 0 Å². The van der Waals surface area contributed by atoms with Gasteiger partial charge in [-0.1, -0.05) is 24.3 Å². The van der Waals surface area contributed by atoms with Crippen molar-refractivity contribution in [1.82, 2.24) is 4.98 Å². The highest BCUT2D eigenvalue weighted by molar-refractivity contribution is 7.86. The lowest BCUT2D eigenvalue weighted by molar-refractivity contribution is 0.457. The molecule has 1 aliphatic rings. The molecule has 8 nitrogen and oxygen atoms in total. The SMILES string of the molecule is O=S(=O)(O)c1ccccc1Nc1ccc2[nH]c(O)c(C=C3N=c4ccccc4=N3)c2c1. The molecule has 0 saturated carbocycles. The van der Waals surface area contributed by atoms with Crippen LogP contribution in [-0.2, 0) is 10.1 Å². The molecule has 1 aliphatic heterocycles. The summed E-state index contributed by atoms with van der Waals surface area (Å²) < 4.78 is 32.8. The molecule has 0 aliphatic carbocycles. The van der Waals surface area contributed by atoms with Gasteiger partial charge in [-0.25, -0.2) is 9.98 Å². The fraction of sp³-hybridized carbons (Fsp3) is 0. The standard InChI is InChI=1S/C22H16N4O4S/c27-22-15(12-21-24-17-5-1-2-6-18(17)25-21)14-11-13(9-10-16(14)26-22)23-19-7-3-4-8-20(19)31(28,29)30/h1-12,23,26-27H,(H,28,29,30). The van der Waals surface area contributed by atoms with E-state index in [9.17, 15) is 18.1 Å². The minimum atomic E-state index is -4.39. The lowest BCUT2D eigenvalue weighted by Gasteiger charge is -2.10. The third-order valence-electron chi connectivity index (χ3n) is 4.89.